The number of nitrogens with one attached hydrogen (secondary N) is 1. The molecule has 2 rings (SSSR count). The van der Waals surface area contributed by atoms with E-state index in [1.165, 1.54) is 0 Å². The normalized spacial score (nSPS) is 37.2. The second-order valence-electron chi connectivity index (χ2n) is 5.25. The molecule has 4 unspecified atom stereocenters. The third kappa shape index (κ3) is 3.17. The maximum Gasteiger partial charge on any atom is 0.320 e. The summed E-state index contributed by atoms with van der Waals surface area (Å²) in [6.45, 7) is 0.762. The summed E-state index contributed by atoms with van der Waals surface area (Å²) in [7, 11) is -2.30. The highest BCUT2D eigenvalue weighted by atomic mass is 31.1. The van der Waals surface area contributed by atoms with Crippen LogP contribution in [0.4, 0.5) is 0 Å². The molecule has 2 N–H and O–H groups in total. The van der Waals surface area contributed by atoms with Crippen molar-refractivity contribution in [1.82, 2.24) is 5.32 Å². The molecule has 0 spiro atoms. The second-order valence-corrected chi connectivity index (χ2v) is 6.28. The number of hydrogen-bond acceptors (Lipinski definition) is 4. The Morgan fingerprint density at radius 3 is 2.65 bits per heavy atom. The van der Waals surface area contributed by atoms with Crippen molar-refractivity contribution >= 4 is 13.6 Å². The van der Waals surface area contributed by atoms with Crippen molar-refractivity contribution < 1.29 is 19.0 Å². The average Bonchev–Trinajstić information content (AvgIpc) is 2.27. The van der Waals surface area contributed by atoms with Gasteiger partial charge in [-0.1, -0.05) is 0 Å². The number of piperidine rings is 1. The largest absolute Gasteiger partial charge is 0.480 e. The fraction of sp³-hybridized carbons (Fsp3) is 0.909. The van der Waals surface area contributed by atoms with E-state index in [1.54, 1.807) is 0 Å². The topological polar surface area (TPSA) is 83.5 Å². The summed E-state index contributed by atoms with van der Waals surface area (Å²) in [4.78, 5) is 10.9. The molecule has 2 aliphatic rings. The summed E-state index contributed by atoms with van der Waals surface area (Å²) in [6, 6.07) is -0.448. The molecule has 0 amide bonds. The standard InChI is InChI=1S/C11H18NO4P/c13-11(14)10-4-9-3-7(6-17(15)16)1-2-8(9)5-12-10/h7-10,12H,1-6H2,(H,13,14). The van der Waals surface area contributed by atoms with Gasteiger partial charge in [-0.05, 0) is 50.0 Å². The number of carboxylic acids is 1. The minimum absolute atomic E-state index is 0.241. The summed E-state index contributed by atoms with van der Waals surface area (Å²) >= 11 is 0. The Kier molecular flexibility index (Phi) is 4.00. The van der Waals surface area contributed by atoms with Crippen LogP contribution in [0.15, 0.2) is 0 Å². The third-order valence-electron chi connectivity index (χ3n) is 4.12. The molecule has 96 valence electrons. The smallest absolute Gasteiger partial charge is 0.320 e. The van der Waals surface area contributed by atoms with E-state index in [9.17, 15) is 13.9 Å². The summed E-state index contributed by atoms with van der Waals surface area (Å²) in [5.74, 6) is 0.364. The minimum atomic E-state index is -2.30. The van der Waals surface area contributed by atoms with Crippen LogP contribution in [0.1, 0.15) is 25.7 Å². The Morgan fingerprint density at radius 2 is 2.00 bits per heavy atom. The lowest BCUT2D eigenvalue weighted by molar-refractivity contribution is -0.141. The van der Waals surface area contributed by atoms with Gasteiger partial charge in [0.2, 0.25) is 0 Å². The number of aliphatic carboxylic acids is 1. The van der Waals surface area contributed by atoms with Gasteiger partial charge in [-0.25, -0.2) is 9.13 Å². The monoisotopic (exact) mass is 259 g/mol. The van der Waals surface area contributed by atoms with Crippen molar-refractivity contribution in [3.05, 3.63) is 0 Å². The van der Waals surface area contributed by atoms with Crippen molar-refractivity contribution in [2.75, 3.05) is 12.7 Å². The van der Waals surface area contributed by atoms with Crippen molar-refractivity contribution in [3.8, 4) is 0 Å². The molecule has 5 nitrogen and oxygen atoms in total. The van der Waals surface area contributed by atoms with E-state index in [4.69, 9.17) is 5.11 Å². The van der Waals surface area contributed by atoms with Gasteiger partial charge in [-0.3, -0.25) is 4.79 Å². The predicted molar refractivity (Wildman–Crippen MR) is 61.5 cm³/mol. The molecule has 1 aliphatic carbocycles. The number of carbonyl (C=O) groups is 1. The van der Waals surface area contributed by atoms with E-state index in [1.807, 2.05) is 0 Å². The Bertz CT molecular complexity index is 360. The van der Waals surface area contributed by atoms with Gasteiger partial charge in [-0.2, -0.15) is 0 Å². The highest BCUT2D eigenvalue weighted by molar-refractivity contribution is 7.30. The summed E-state index contributed by atoms with van der Waals surface area (Å²) in [6.07, 6.45) is 3.77. The van der Waals surface area contributed by atoms with Crippen LogP contribution in [0.5, 0.6) is 0 Å². The molecule has 1 aliphatic heterocycles. The fourth-order valence-electron chi connectivity index (χ4n) is 3.23. The summed E-state index contributed by atoms with van der Waals surface area (Å²) in [5.41, 5.74) is 0. The van der Waals surface area contributed by atoms with Gasteiger partial charge in [0.05, 0.1) is 6.16 Å². The lowest BCUT2D eigenvalue weighted by Crippen LogP contribution is -2.49. The van der Waals surface area contributed by atoms with E-state index in [0.717, 1.165) is 25.8 Å². The molecule has 0 bridgehead atoms. The van der Waals surface area contributed by atoms with Gasteiger partial charge in [0.15, 0.2) is 0 Å². The van der Waals surface area contributed by atoms with Gasteiger partial charge in [0, 0.05) is 0 Å². The van der Waals surface area contributed by atoms with Crippen LogP contribution in [0.25, 0.3) is 0 Å². The zero-order valence-corrected chi connectivity index (χ0v) is 10.6. The molecule has 6 heteroatoms. The lowest BCUT2D eigenvalue weighted by Gasteiger charge is -2.41. The lowest BCUT2D eigenvalue weighted by atomic mass is 9.70. The molecule has 4 atom stereocenters. The number of fused-ring (bicyclic) bond motifs is 1. The second kappa shape index (κ2) is 5.32. The van der Waals surface area contributed by atoms with E-state index < -0.39 is 19.7 Å². The van der Waals surface area contributed by atoms with E-state index in [0.29, 0.717) is 18.3 Å². The van der Waals surface area contributed by atoms with Crippen LogP contribution >= 0.6 is 7.68 Å². The molecule has 0 radical (unpaired) electrons. The van der Waals surface area contributed by atoms with Crippen molar-refractivity contribution in [2.24, 2.45) is 17.8 Å². The van der Waals surface area contributed by atoms with Crippen LogP contribution in [0.2, 0.25) is 0 Å². The quantitative estimate of drug-likeness (QED) is 0.753. The molecule has 0 aromatic carbocycles. The number of rotatable bonds is 3. The maximum absolute atomic E-state index is 10.9. The van der Waals surface area contributed by atoms with Crippen molar-refractivity contribution in [3.63, 3.8) is 0 Å². The Labute approximate surface area is 101 Å². The first kappa shape index (κ1) is 12.8. The number of hydrogen-bond donors (Lipinski definition) is 2. The van der Waals surface area contributed by atoms with Crippen LogP contribution in [-0.4, -0.2) is 29.8 Å². The van der Waals surface area contributed by atoms with Gasteiger partial charge < -0.3 is 10.4 Å². The first-order chi connectivity index (χ1) is 8.06. The first-order valence-electron chi connectivity index (χ1n) is 6.14. The summed E-state index contributed by atoms with van der Waals surface area (Å²) < 4.78 is 21.5. The Balaban J connectivity index is 1.94. The van der Waals surface area contributed by atoms with E-state index >= 15 is 0 Å². The molecule has 1 heterocycles. The highest BCUT2D eigenvalue weighted by Crippen LogP contribution is 2.40. The SMILES string of the molecule is O=C(O)C1CC2CC(CP(=O)=O)CCC2CN1. The molecule has 1 saturated heterocycles. The number of carboxylic acid groups (broad SMARTS) is 1. The van der Waals surface area contributed by atoms with E-state index in [-0.39, 0.29) is 12.1 Å². The predicted octanol–water partition coefficient (Wildman–Crippen LogP) is 1.64. The highest BCUT2D eigenvalue weighted by Gasteiger charge is 2.37. The molecule has 0 aromatic rings. The molecular weight excluding hydrogens is 241 g/mol. The molecule has 2 fully saturated rings. The third-order valence-corrected chi connectivity index (χ3v) is 4.93. The molecule has 0 aromatic heterocycles. The van der Waals surface area contributed by atoms with Gasteiger partial charge in [0.25, 0.3) is 0 Å². The first-order valence-corrected chi connectivity index (χ1v) is 7.50. The summed E-state index contributed by atoms with van der Waals surface area (Å²) in [5, 5.41) is 12.0. The van der Waals surface area contributed by atoms with Crippen LogP contribution < -0.4 is 5.32 Å². The van der Waals surface area contributed by atoms with Crippen LogP contribution in [0.3, 0.4) is 0 Å². The Morgan fingerprint density at radius 1 is 1.24 bits per heavy atom. The fourth-order valence-corrected chi connectivity index (χ4v) is 3.98. The van der Waals surface area contributed by atoms with E-state index in [2.05, 4.69) is 5.32 Å². The van der Waals surface area contributed by atoms with Crippen molar-refractivity contribution in [1.29, 1.82) is 0 Å². The molecule has 1 saturated carbocycles. The molecular formula is C11H18NO4P. The van der Waals surface area contributed by atoms with Crippen LogP contribution in [-0.2, 0) is 13.9 Å². The van der Waals surface area contributed by atoms with Gasteiger partial charge in [-0.15, -0.1) is 0 Å². The zero-order valence-electron chi connectivity index (χ0n) is 9.67. The Hall–Kier alpha value is -0.670. The zero-order chi connectivity index (χ0) is 12.4. The maximum atomic E-state index is 10.9. The van der Waals surface area contributed by atoms with Crippen LogP contribution in [0, 0.1) is 17.8 Å². The van der Waals surface area contributed by atoms with Gasteiger partial charge in [0.1, 0.15) is 6.04 Å². The molecule has 17 heavy (non-hydrogen) atoms. The average molecular weight is 259 g/mol. The van der Waals surface area contributed by atoms with Crippen molar-refractivity contribution in [2.45, 2.75) is 31.7 Å². The minimum Gasteiger partial charge on any atom is -0.480 e. The van der Waals surface area contributed by atoms with Gasteiger partial charge >= 0.3 is 13.6 Å².